The molecule has 4 rings (SSSR count). The molecule has 1 fully saturated rings. The highest BCUT2D eigenvalue weighted by molar-refractivity contribution is 7.89. The number of carbonyl (C=O) groups excluding carboxylic acids is 1. The van der Waals surface area contributed by atoms with Crippen molar-refractivity contribution in [2.45, 2.75) is 37.0 Å². The number of hydrogen-bond acceptors (Lipinski definition) is 5. The molecule has 2 aliphatic heterocycles. The third-order valence-corrected chi connectivity index (χ3v) is 7.78. The number of sulfonamides is 1. The van der Waals surface area contributed by atoms with Crippen LogP contribution in [0.2, 0.25) is 0 Å². The van der Waals surface area contributed by atoms with Gasteiger partial charge in [-0.05, 0) is 38.3 Å². The molecular weight excluding hydrogens is 354 g/mol. The molecule has 1 saturated heterocycles. The zero-order valence-corrected chi connectivity index (χ0v) is 15.8. The van der Waals surface area contributed by atoms with Crippen molar-refractivity contribution in [3.8, 4) is 0 Å². The van der Waals surface area contributed by atoms with Crippen molar-refractivity contribution in [3.63, 3.8) is 0 Å². The molecule has 1 amide bonds. The summed E-state index contributed by atoms with van der Waals surface area (Å²) in [5, 5.41) is 3.76. The number of piperidine rings is 1. The molecule has 7 nitrogen and oxygen atoms in total. The van der Waals surface area contributed by atoms with Crippen molar-refractivity contribution in [3.05, 3.63) is 41.3 Å². The highest BCUT2D eigenvalue weighted by Crippen LogP contribution is 2.47. The minimum atomic E-state index is -3.68. The molecule has 1 spiro atoms. The number of hydrogen-bond donors (Lipinski definition) is 0. The number of nitrogens with zero attached hydrogens (tertiary/aromatic N) is 3. The first-order valence-corrected chi connectivity index (χ1v) is 10.0. The van der Waals surface area contributed by atoms with Gasteiger partial charge in [0.2, 0.25) is 15.9 Å². The second-order valence-electron chi connectivity index (χ2n) is 7.02. The van der Waals surface area contributed by atoms with Crippen LogP contribution in [0, 0.1) is 13.8 Å². The lowest BCUT2D eigenvalue weighted by molar-refractivity contribution is -0.124. The number of fused-ring (bicyclic) bond motifs is 2. The van der Waals surface area contributed by atoms with E-state index in [0.29, 0.717) is 37.4 Å². The Morgan fingerprint density at radius 2 is 1.81 bits per heavy atom. The number of benzene rings is 1. The average Bonchev–Trinajstić information content (AvgIpc) is 3.07. The van der Waals surface area contributed by atoms with Crippen molar-refractivity contribution in [1.29, 1.82) is 0 Å². The topological polar surface area (TPSA) is 83.7 Å². The Bertz CT molecular complexity index is 968. The largest absolute Gasteiger partial charge is 0.360 e. The molecule has 2 aromatic rings. The van der Waals surface area contributed by atoms with Crippen LogP contribution in [0.4, 0.5) is 5.69 Å². The van der Waals surface area contributed by atoms with E-state index in [1.54, 1.807) is 25.8 Å². The molecule has 1 aromatic carbocycles. The molecule has 0 atom stereocenters. The number of likely N-dealkylation sites (N-methyl/N-ethyl adjacent to an activating group) is 1. The summed E-state index contributed by atoms with van der Waals surface area (Å²) in [5.41, 5.74) is 1.65. The fourth-order valence-electron chi connectivity index (χ4n) is 4.28. The quantitative estimate of drug-likeness (QED) is 0.802. The molecule has 2 aliphatic rings. The fourth-order valence-corrected chi connectivity index (χ4v) is 6.01. The Hall–Kier alpha value is -2.19. The van der Waals surface area contributed by atoms with Crippen LogP contribution in [-0.4, -0.2) is 43.9 Å². The van der Waals surface area contributed by atoms with Gasteiger partial charge in [0.25, 0.3) is 0 Å². The van der Waals surface area contributed by atoms with Crippen molar-refractivity contribution >= 4 is 21.6 Å². The number of amides is 1. The number of aromatic nitrogens is 1. The van der Waals surface area contributed by atoms with E-state index in [1.165, 1.54) is 4.31 Å². The van der Waals surface area contributed by atoms with E-state index in [-0.39, 0.29) is 10.8 Å². The van der Waals surface area contributed by atoms with Gasteiger partial charge >= 0.3 is 0 Å². The average molecular weight is 375 g/mol. The zero-order valence-electron chi connectivity index (χ0n) is 15.0. The zero-order chi connectivity index (χ0) is 18.7. The lowest BCUT2D eigenvalue weighted by Gasteiger charge is -2.37. The maximum Gasteiger partial charge on any atom is 0.248 e. The second-order valence-corrected chi connectivity index (χ2v) is 8.90. The molecule has 0 bridgehead atoms. The summed E-state index contributed by atoms with van der Waals surface area (Å²) in [5.74, 6) is 0.345. The SMILES string of the molecule is Cc1noc(C)c1S(=O)(=O)N1CCC2(CC1)C(=O)N(C)c1ccccc12. The summed E-state index contributed by atoms with van der Waals surface area (Å²) in [6.07, 6.45) is 0.936. The Morgan fingerprint density at radius 3 is 2.42 bits per heavy atom. The first kappa shape index (κ1) is 17.2. The predicted molar refractivity (Wildman–Crippen MR) is 95.5 cm³/mol. The number of carbonyl (C=O) groups is 1. The van der Waals surface area contributed by atoms with Gasteiger partial charge in [-0.2, -0.15) is 4.31 Å². The van der Waals surface area contributed by atoms with Crippen LogP contribution in [0.3, 0.4) is 0 Å². The van der Waals surface area contributed by atoms with Gasteiger partial charge in [-0.1, -0.05) is 23.4 Å². The first-order chi connectivity index (χ1) is 12.3. The van der Waals surface area contributed by atoms with Gasteiger partial charge in [0.1, 0.15) is 10.6 Å². The summed E-state index contributed by atoms with van der Waals surface area (Å²) >= 11 is 0. The molecular formula is C18H21N3O4S. The number of para-hydroxylation sites is 1. The van der Waals surface area contributed by atoms with Crippen LogP contribution in [-0.2, 0) is 20.2 Å². The molecule has 0 saturated carbocycles. The molecule has 0 radical (unpaired) electrons. The van der Waals surface area contributed by atoms with E-state index in [9.17, 15) is 13.2 Å². The predicted octanol–water partition coefficient (Wildman–Crippen LogP) is 1.99. The highest BCUT2D eigenvalue weighted by atomic mass is 32.2. The Kier molecular flexibility index (Phi) is 3.75. The van der Waals surface area contributed by atoms with Crippen LogP contribution in [0.1, 0.15) is 29.9 Å². The van der Waals surface area contributed by atoms with Crippen LogP contribution in [0.15, 0.2) is 33.7 Å². The smallest absolute Gasteiger partial charge is 0.248 e. The maximum absolute atomic E-state index is 13.0. The van der Waals surface area contributed by atoms with Crippen LogP contribution < -0.4 is 4.90 Å². The van der Waals surface area contributed by atoms with Gasteiger partial charge in [-0.25, -0.2) is 8.42 Å². The second kappa shape index (κ2) is 5.65. The molecule has 0 unspecified atom stereocenters. The summed E-state index contributed by atoms with van der Waals surface area (Å²) in [6.45, 7) is 3.81. The molecule has 8 heteroatoms. The number of anilines is 1. The molecule has 26 heavy (non-hydrogen) atoms. The van der Waals surface area contributed by atoms with E-state index in [4.69, 9.17) is 4.52 Å². The van der Waals surface area contributed by atoms with Crippen molar-refractivity contribution < 1.29 is 17.7 Å². The summed E-state index contributed by atoms with van der Waals surface area (Å²) < 4.78 is 32.5. The van der Waals surface area contributed by atoms with E-state index < -0.39 is 15.4 Å². The highest BCUT2D eigenvalue weighted by Gasteiger charge is 2.52. The minimum Gasteiger partial charge on any atom is -0.360 e. The summed E-state index contributed by atoms with van der Waals surface area (Å²) in [6, 6.07) is 7.77. The summed E-state index contributed by atoms with van der Waals surface area (Å²) in [4.78, 5) is 14.8. The monoisotopic (exact) mass is 375 g/mol. The van der Waals surface area contributed by atoms with Gasteiger partial charge in [0.15, 0.2) is 5.76 Å². The van der Waals surface area contributed by atoms with Gasteiger partial charge in [-0.3, -0.25) is 4.79 Å². The van der Waals surface area contributed by atoms with Crippen molar-refractivity contribution in [1.82, 2.24) is 9.46 Å². The normalized spacial score (nSPS) is 20.0. The molecule has 138 valence electrons. The number of rotatable bonds is 2. The van der Waals surface area contributed by atoms with Gasteiger partial charge in [0.05, 0.1) is 5.41 Å². The van der Waals surface area contributed by atoms with Crippen LogP contribution in [0.25, 0.3) is 0 Å². The molecule has 1 aromatic heterocycles. The first-order valence-electron chi connectivity index (χ1n) is 8.60. The van der Waals surface area contributed by atoms with Gasteiger partial charge in [-0.15, -0.1) is 0 Å². The molecule has 0 N–H and O–H groups in total. The lowest BCUT2D eigenvalue weighted by Crippen LogP contribution is -2.49. The van der Waals surface area contributed by atoms with Crippen molar-refractivity contribution in [2.24, 2.45) is 0 Å². The molecule has 3 heterocycles. The molecule has 0 aliphatic carbocycles. The lowest BCUT2D eigenvalue weighted by atomic mass is 9.74. The van der Waals surface area contributed by atoms with E-state index in [2.05, 4.69) is 5.16 Å². The Balaban J connectivity index is 1.65. The minimum absolute atomic E-state index is 0.0492. The van der Waals surface area contributed by atoms with E-state index >= 15 is 0 Å². The Morgan fingerprint density at radius 1 is 1.15 bits per heavy atom. The number of aryl methyl sites for hydroxylation is 2. The van der Waals surface area contributed by atoms with Gasteiger partial charge < -0.3 is 9.42 Å². The standard InChI is InChI=1S/C18H21N3O4S/c1-12-16(13(2)25-19-12)26(23,24)21-10-8-18(9-11-21)14-6-4-5-7-15(14)20(3)17(18)22/h4-7H,8-11H2,1-3H3. The van der Waals surface area contributed by atoms with Crippen LogP contribution in [0.5, 0.6) is 0 Å². The fraction of sp³-hybridized carbons (Fsp3) is 0.444. The summed E-state index contributed by atoms with van der Waals surface area (Å²) in [7, 11) is -1.90. The maximum atomic E-state index is 13.0. The van der Waals surface area contributed by atoms with Crippen LogP contribution >= 0.6 is 0 Å². The van der Waals surface area contributed by atoms with Gasteiger partial charge in [0, 0.05) is 25.8 Å². The van der Waals surface area contributed by atoms with E-state index in [1.807, 2.05) is 24.3 Å². The third-order valence-electron chi connectivity index (χ3n) is 5.64. The van der Waals surface area contributed by atoms with E-state index in [0.717, 1.165) is 11.3 Å². The Labute approximate surface area is 152 Å². The third kappa shape index (κ3) is 2.18. The van der Waals surface area contributed by atoms with Crippen molar-refractivity contribution in [2.75, 3.05) is 25.0 Å².